The highest BCUT2D eigenvalue weighted by atomic mass is 16.5. The van der Waals surface area contributed by atoms with Gasteiger partial charge in [0.1, 0.15) is 0 Å². The highest BCUT2D eigenvalue weighted by molar-refractivity contribution is 6.01. The topological polar surface area (TPSA) is 101 Å². The second kappa shape index (κ2) is 8.52. The van der Waals surface area contributed by atoms with E-state index >= 15 is 0 Å². The number of methoxy groups -OCH3 is 1. The number of hydrogen-bond donors (Lipinski definition) is 3. The molecular weight excluding hydrogens is 406 g/mol. The summed E-state index contributed by atoms with van der Waals surface area (Å²) in [6, 6.07) is 8.15. The zero-order valence-electron chi connectivity index (χ0n) is 18.5. The number of fused-ring (bicyclic) bond motifs is 2. The van der Waals surface area contributed by atoms with E-state index < -0.39 is 0 Å². The van der Waals surface area contributed by atoms with Gasteiger partial charge < -0.3 is 20.5 Å². The van der Waals surface area contributed by atoms with Crippen molar-refractivity contribution in [3.05, 3.63) is 47.3 Å². The van der Waals surface area contributed by atoms with E-state index in [1.54, 1.807) is 7.11 Å². The fourth-order valence-electron chi connectivity index (χ4n) is 4.98. The van der Waals surface area contributed by atoms with E-state index in [-0.39, 0.29) is 18.1 Å². The quantitative estimate of drug-likeness (QED) is 0.550. The van der Waals surface area contributed by atoms with Crippen molar-refractivity contribution >= 4 is 17.4 Å². The number of aliphatic hydroxyl groups excluding tert-OH is 1. The van der Waals surface area contributed by atoms with Crippen LogP contribution < -0.4 is 10.6 Å². The summed E-state index contributed by atoms with van der Waals surface area (Å²) in [6.45, 7) is 3.11. The second-order valence-corrected chi connectivity index (χ2v) is 8.88. The Morgan fingerprint density at radius 3 is 2.81 bits per heavy atom. The number of ether oxygens (including phenoxy) is 1. The molecule has 0 saturated heterocycles. The van der Waals surface area contributed by atoms with Crippen LogP contribution in [-0.2, 0) is 11.3 Å². The molecule has 3 heterocycles. The molecule has 1 fully saturated rings. The number of aromatic nitrogens is 3. The minimum absolute atomic E-state index is 0.0262. The van der Waals surface area contributed by atoms with Crippen LogP contribution in [0.3, 0.4) is 0 Å². The number of carbonyl (C=O) groups is 1. The van der Waals surface area contributed by atoms with Crippen LogP contribution in [0.1, 0.15) is 60.1 Å². The van der Waals surface area contributed by atoms with Gasteiger partial charge >= 0.3 is 0 Å². The van der Waals surface area contributed by atoms with Crippen molar-refractivity contribution in [2.45, 2.75) is 57.2 Å². The number of carbonyl (C=O) groups excluding carboxylic acids is 1. The van der Waals surface area contributed by atoms with Crippen molar-refractivity contribution in [2.75, 3.05) is 19.0 Å². The van der Waals surface area contributed by atoms with Gasteiger partial charge in [0.25, 0.3) is 5.91 Å². The summed E-state index contributed by atoms with van der Waals surface area (Å²) in [5.74, 6) is 0.841. The Morgan fingerprint density at radius 2 is 2.03 bits per heavy atom. The first-order valence-electron chi connectivity index (χ1n) is 11.3. The maximum absolute atomic E-state index is 12.2. The van der Waals surface area contributed by atoms with Gasteiger partial charge in [-0.15, -0.1) is 5.10 Å². The molecule has 1 saturated carbocycles. The van der Waals surface area contributed by atoms with E-state index in [0.29, 0.717) is 25.0 Å². The molecule has 2 aromatic heterocycles. The maximum atomic E-state index is 12.2. The van der Waals surface area contributed by atoms with Crippen LogP contribution >= 0.6 is 0 Å². The van der Waals surface area contributed by atoms with Gasteiger partial charge in [-0.05, 0) is 55.9 Å². The lowest BCUT2D eigenvalue weighted by Gasteiger charge is -2.25. The Kier molecular flexibility index (Phi) is 5.57. The predicted octanol–water partition coefficient (Wildman–Crippen LogP) is 3.11. The first-order chi connectivity index (χ1) is 15.5. The first kappa shape index (κ1) is 20.9. The van der Waals surface area contributed by atoms with Gasteiger partial charge in [-0.2, -0.15) is 0 Å². The molecule has 1 amide bonds. The molecule has 1 atom stereocenters. The van der Waals surface area contributed by atoms with Gasteiger partial charge in [-0.1, -0.05) is 12.1 Å². The average Bonchev–Trinajstić information content (AvgIpc) is 3.35. The maximum Gasteiger partial charge on any atom is 0.251 e. The van der Waals surface area contributed by atoms with Crippen LogP contribution in [0.5, 0.6) is 0 Å². The van der Waals surface area contributed by atoms with E-state index in [0.717, 1.165) is 59.1 Å². The summed E-state index contributed by atoms with van der Waals surface area (Å²) in [5, 5.41) is 21.1. The molecule has 1 aliphatic carbocycles. The van der Waals surface area contributed by atoms with Crippen molar-refractivity contribution in [1.29, 1.82) is 0 Å². The normalized spacial score (nSPS) is 21.4. The highest BCUT2D eigenvalue weighted by Crippen LogP contribution is 2.39. The summed E-state index contributed by atoms with van der Waals surface area (Å²) in [6.07, 6.45) is 5.09. The Balaban J connectivity index is 1.62. The fourth-order valence-corrected chi connectivity index (χ4v) is 4.98. The van der Waals surface area contributed by atoms with Crippen molar-refractivity contribution in [3.8, 4) is 11.1 Å². The van der Waals surface area contributed by atoms with Gasteiger partial charge in [-0.25, -0.2) is 9.50 Å². The summed E-state index contributed by atoms with van der Waals surface area (Å²) in [5.41, 5.74) is 5.88. The molecule has 168 valence electrons. The van der Waals surface area contributed by atoms with Crippen LogP contribution in [0, 0.1) is 0 Å². The minimum atomic E-state index is -0.215. The number of rotatable bonds is 6. The number of amides is 1. The minimum Gasteiger partial charge on any atom is -0.393 e. The Hall–Kier alpha value is -2.97. The molecule has 3 aromatic rings. The van der Waals surface area contributed by atoms with Crippen molar-refractivity contribution in [3.63, 3.8) is 0 Å². The third-order valence-electron chi connectivity index (χ3n) is 6.59. The lowest BCUT2D eigenvalue weighted by molar-refractivity contribution is 0.0965. The van der Waals surface area contributed by atoms with Crippen LogP contribution in [-0.4, -0.2) is 51.5 Å². The molecule has 0 radical (unpaired) electrons. The lowest BCUT2D eigenvalue weighted by Crippen LogP contribution is -2.23. The smallest absolute Gasteiger partial charge is 0.251 e. The molecule has 5 rings (SSSR count). The number of nitrogens with one attached hydrogen (secondary N) is 2. The Bertz CT molecular complexity index is 1150. The molecule has 3 N–H and O–H groups in total. The largest absolute Gasteiger partial charge is 0.393 e. The standard InChI is InChI=1S/C24H29N5O3/c1-14(13-32-2)27-24-26-12-22-19(17-4-3-5-18-20(17)11-25-23(18)31)10-21(29(22)28-24)15-6-8-16(30)9-7-15/h3-5,10,12,14-16,30H,6-9,11,13H2,1-2H3,(H,25,31)(H,27,28)/t14-,15?,16?/m0/s1. The monoisotopic (exact) mass is 435 g/mol. The number of nitrogens with zero attached hydrogens (tertiary/aromatic N) is 3. The second-order valence-electron chi connectivity index (χ2n) is 8.88. The lowest BCUT2D eigenvalue weighted by atomic mass is 9.85. The molecule has 8 heteroatoms. The van der Waals surface area contributed by atoms with Crippen molar-refractivity contribution < 1.29 is 14.6 Å². The van der Waals surface area contributed by atoms with Gasteiger partial charge in [0, 0.05) is 42.4 Å². The van der Waals surface area contributed by atoms with Crippen LogP contribution in [0.15, 0.2) is 30.5 Å². The van der Waals surface area contributed by atoms with E-state index in [1.165, 1.54) is 0 Å². The zero-order valence-corrected chi connectivity index (χ0v) is 18.5. The van der Waals surface area contributed by atoms with Crippen LogP contribution in [0.2, 0.25) is 0 Å². The Labute approximate surface area is 187 Å². The van der Waals surface area contributed by atoms with Gasteiger partial charge in [0.05, 0.1) is 24.4 Å². The third-order valence-corrected chi connectivity index (χ3v) is 6.59. The first-order valence-corrected chi connectivity index (χ1v) is 11.3. The molecular formula is C24H29N5O3. The van der Waals surface area contributed by atoms with E-state index in [9.17, 15) is 9.90 Å². The zero-order chi connectivity index (χ0) is 22.2. The number of benzene rings is 1. The number of aliphatic hydroxyl groups is 1. The molecule has 0 unspecified atom stereocenters. The predicted molar refractivity (Wildman–Crippen MR) is 122 cm³/mol. The average molecular weight is 436 g/mol. The molecule has 1 aromatic carbocycles. The third kappa shape index (κ3) is 3.73. The van der Waals surface area contributed by atoms with Crippen LogP contribution in [0.25, 0.3) is 16.6 Å². The van der Waals surface area contributed by atoms with E-state index in [2.05, 4.69) is 27.8 Å². The molecule has 0 bridgehead atoms. The highest BCUT2D eigenvalue weighted by Gasteiger charge is 2.28. The summed E-state index contributed by atoms with van der Waals surface area (Å²) in [7, 11) is 1.67. The SMILES string of the molecule is COC[C@H](C)Nc1ncc2c(-c3cccc4c3CNC4=O)cc(C3CCC(O)CC3)n2n1. The fraction of sp³-hybridized carbons (Fsp3) is 0.458. The van der Waals surface area contributed by atoms with Crippen LogP contribution in [0.4, 0.5) is 5.95 Å². The molecule has 1 aliphatic heterocycles. The molecule has 0 spiro atoms. The number of anilines is 1. The summed E-state index contributed by atoms with van der Waals surface area (Å²) < 4.78 is 7.22. The van der Waals surface area contributed by atoms with E-state index in [1.807, 2.05) is 29.8 Å². The molecule has 2 aliphatic rings. The van der Waals surface area contributed by atoms with Gasteiger partial charge in [0.15, 0.2) is 0 Å². The Morgan fingerprint density at radius 1 is 1.25 bits per heavy atom. The summed E-state index contributed by atoms with van der Waals surface area (Å²) >= 11 is 0. The molecule has 8 nitrogen and oxygen atoms in total. The van der Waals surface area contributed by atoms with Crippen molar-refractivity contribution in [2.24, 2.45) is 0 Å². The van der Waals surface area contributed by atoms with Gasteiger partial charge in [-0.3, -0.25) is 4.79 Å². The van der Waals surface area contributed by atoms with Gasteiger partial charge in [0.2, 0.25) is 5.95 Å². The van der Waals surface area contributed by atoms with Crippen molar-refractivity contribution in [1.82, 2.24) is 19.9 Å². The summed E-state index contributed by atoms with van der Waals surface area (Å²) in [4.78, 5) is 16.8. The van der Waals surface area contributed by atoms with E-state index in [4.69, 9.17) is 9.84 Å². The number of hydrogen-bond acceptors (Lipinski definition) is 6. The molecule has 32 heavy (non-hydrogen) atoms.